The van der Waals surface area contributed by atoms with E-state index in [1.807, 2.05) is 6.92 Å². The Morgan fingerprint density at radius 2 is 2.04 bits per heavy atom. The van der Waals surface area contributed by atoms with E-state index >= 15 is 0 Å². The molecule has 23 heavy (non-hydrogen) atoms. The molecule has 2 heterocycles. The van der Waals surface area contributed by atoms with Crippen molar-refractivity contribution in [3.05, 3.63) is 52.4 Å². The SMILES string of the molecule is CCCN(CC(=O)O)C(=O)c1ccc(-c2ccccn2)[nH]c1=O. The van der Waals surface area contributed by atoms with Gasteiger partial charge in [-0.25, -0.2) is 0 Å². The van der Waals surface area contributed by atoms with Crippen molar-refractivity contribution in [2.75, 3.05) is 13.1 Å². The predicted molar refractivity (Wildman–Crippen MR) is 84.1 cm³/mol. The van der Waals surface area contributed by atoms with Gasteiger partial charge >= 0.3 is 5.97 Å². The second-order valence-electron chi connectivity index (χ2n) is 4.95. The number of nitrogens with one attached hydrogen (secondary N) is 1. The van der Waals surface area contributed by atoms with Crippen molar-refractivity contribution in [2.45, 2.75) is 13.3 Å². The summed E-state index contributed by atoms with van der Waals surface area (Å²) < 4.78 is 0. The van der Waals surface area contributed by atoms with Crippen molar-refractivity contribution in [2.24, 2.45) is 0 Å². The molecule has 0 aliphatic heterocycles. The van der Waals surface area contributed by atoms with E-state index in [9.17, 15) is 14.4 Å². The molecule has 2 aromatic rings. The summed E-state index contributed by atoms with van der Waals surface area (Å²) >= 11 is 0. The molecule has 120 valence electrons. The number of carbonyl (C=O) groups is 2. The second-order valence-corrected chi connectivity index (χ2v) is 4.95. The van der Waals surface area contributed by atoms with Gasteiger partial charge in [-0.2, -0.15) is 0 Å². The van der Waals surface area contributed by atoms with Gasteiger partial charge < -0.3 is 15.0 Å². The third-order valence-corrected chi connectivity index (χ3v) is 3.19. The molecule has 7 nitrogen and oxygen atoms in total. The Morgan fingerprint density at radius 1 is 1.26 bits per heavy atom. The molecule has 7 heteroatoms. The van der Waals surface area contributed by atoms with Crippen molar-refractivity contribution >= 4 is 11.9 Å². The van der Waals surface area contributed by atoms with Gasteiger partial charge in [0.2, 0.25) is 0 Å². The van der Waals surface area contributed by atoms with Crippen LogP contribution in [0, 0.1) is 0 Å². The molecule has 2 aromatic heterocycles. The molecule has 1 amide bonds. The Kier molecular flexibility index (Phi) is 5.24. The van der Waals surface area contributed by atoms with Crippen LogP contribution in [0.5, 0.6) is 0 Å². The predicted octanol–water partition coefficient (Wildman–Crippen LogP) is 1.37. The minimum absolute atomic E-state index is 0.0839. The van der Waals surface area contributed by atoms with Gasteiger partial charge in [-0.05, 0) is 30.7 Å². The van der Waals surface area contributed by atoms with Gasteiger partial charge in [0, 0.05) is 12.7 Å². The monoisotopic (exact) mass is 315 g/mol. The number of hydrogen-bond donors (Lipinski definition) is 2. The number of aliphatic carboxylic acids is 1. The number of H-pyrrole nitrogens is 1. The van der Waals surface area contributed by atoms with Crippen LogP contribution >= 0.6 is 0 Å². The molecular formula is C16H17N3O4. The van der Waals surface area contributed by atoms with E-state index < -0.39 is 24.0 Å². The molecule has 0 bridgehead atoms. The molecule has 0 saturated heterocycles. The first-order valence-electron chi connectivity index (χ1n) is 7.18. The first-order valence-corrected chi connectivity index (χ1v) is 7.18. The Morgan fingerprint density at radius 3 is 2.61 bits per heavy atom. The van der Waals surface area contributed by atoms with Crippen LogP contribution < -0.4 is 5.56 Å². The van der Waals surface area contributed by atoms with Crippen molar-refractivity contribution < 1.29 is 14.7 Å². The summed E-state index contributed by atoms with van der Waals surface area (Å²) in [7, 11) is 0. The van der Waals surface area contributed by atoms with E-state index in [4.69, 9.17) is 5.11 Å². The van der Waals surface area contributed by atoms with E-state index in [0.717, 1.165) is 4.90 Å². The van der Waals surface area contributed by atoms with E-state index in [0.29, 0.717) is 17.8 Å². The number of aromatic amines is 1. The Bertz CT molecular complexity index is 755. The quantitative estimate of drug-likeness (QED) is 0.838. The van der Waals surface area contributed by atoms with Crippen LogP contribution in [0.25, 0.3) is 11.4 Å². The highest BCUT2D eigenvalue weighted by atomic mass is 16.4. The summed E-state index contributed by atoms with van der Waals surface area (Å²) in [5.41, 5.74) is 0.427. The molecule has 0 aliphatic rings. The first kappa shape index (κ1) is 16.4. The summed E-state index contributed by atoms with van der Waals surface area (Å²) in [5, 5.41) is 8.88. The number of carboxylic acids is 1. The molecule has 0 aromatic carbocycles. The maximum atomic E-state index is 12.4. The number of nitrogens with zero attached hydrogens (tertiary/aromatic N) is 2. The summed E-state index contributed by atoms with van der Waals surface area (Å²) in [5.74, 6) is -1.71. The Labute approximate surface area is 132 Å². The minimum Gasteiger partial charge on any atom is -0.480 e. The van der Waals surface area contributed by atoms with Crippen LogP contribution in [0.4, 0.5) is 0 Å². The molecule has 0 fully saturated rings. The third-order valence-electron chi connectivity index (χ3n) is 3.19. The molecule has 0 aliphatic carbocycles. The fraction of sp³-hybridized carbons (Fsp3) is 0.250. The summed E-state index contributed by atoms with van der Waals surface area (Å²) in [6, 6.07) is 8.27. The zero-order valence-corrected chi connectivity index (χ0v) is 12.7. The lowest BCUT2D eigenvalue weighted by Crippen LogP contribution is -2.38. The molecular weight excluding hydrogens is 298 g/mol. The van der Waals surface area contributed by atoms with Gasteiger partial charge in [0.1, 0.15) is 12.1 Å². The standard InChI is InChI=1S/C16H17N3O4/c1-2-9-19(10-14(20)21)16(23)11-6-7-13(18-15(11)22)12-5-3-4-8-17-12/h3-8H,2,9-10H2,1H3,(H,18,22)(H,20,21). The number of aromatic nitrogens is 2. The van der Waals surface area contributed by atoms with E-state index in [2.05, 4.69) is 9.97 Å². The van der Waals surface area contributed by atoms with Crippen molar-refractivity contribution in [1.82, 2.24) is 14.9 Å². The van der Waals surface area contributed by atoms with Gasteiger partial charge in [-0.15, -0.1) is 0 Å². The maximum Gasteiger partial charge on any atom is 0.323 e. The van der Waals surface area contributed by atoms with Crippen molar-refractivity contribution in [3.8, 4) is 11.4 Å². The molecule has 2 N–H and O–H groups in total. The highest BCUT2D eigenvalue weighted by molar-refractivity contribution is 5.95. The molecule has 0 unspecified atom stereocenters. The van der Waals surface area contributed by atoms with E-state index in [1.165, 1.54) is 6.07 Å². The molecule has 0 radical (unpaired) electrons. The smallest absolute Gasteiger partial charge is 0.323 e. The van der Waals surface area contributed by atoms with E-state index in [-0.39, 0.29) is 12.1 Å². The third kappa shape index (κ3) is 4.03. The van der Waals surface area contributed by atoms with Crippen LogP contribution in [0.2, 0.25) is 0 Å². The number of carboxylic acid groups (broad SMARTS) is 1. The van der Waals surface area contributed by atoms with Crippen LogP contribution in [-0.4, -0.2) is 44.9 Å². The summed E-state index contributed by atoms with van der Waals surface area (Å²) in [6.45, 7) is 1.66. The average Bonchev–Trinajstić information content (AvgIpc) is 2.54. The topological polar surface area (TPSA) is 103 Å². The first-order chi connectivity index (χ1) is 11.0. The van der Waals surface area contributed by atoms with Crippen LogP contribution in [-0.2, 0) is 4.79 Å². The number of rotatable bonds is 6. The van der Waals surface area contributed by atoms with Crippen molar-refractivity contribution in [3.63, 3.8) is 0 Å². The number of carbonyl (C=O) groups excluding carboxylic acids is 1. The second kappa shape index (κ2) is 7.35. The number of amides is 1. The highest BCUT2D eigenvalue weighted by Gasteiger charge is 2.20. The van der Waals surface area contributed by atoms with Gasteiger partial charge in [-0.3, -0.25) is 19.4 Å². The fourth-order valence-electron chi connectivity index (χ4n) is 2.17. The lowest BCUT2D eigenvalue weighted by atomic mass is 10.2. The number of pyridine rings is 2. The molecule has 0 atom stereocenters. The maximum absolute atomic E-state index is 12.4. The molecule has 0 saturated carbocycles. The lowest BCUT2D eigenvalue weighted by Gasteiger charge is -2.19. The van der Waals surface area contributed by atoms with Gasteiger partial charge in [0.25, 0.3) is 11.5 Å². The Hall–Kier alpha value is -2.96. The largest absolute Gasteiger partial charge is 0.480 e. The van der Waals surface area contributed by atoms with Gasteiger partial charge in [-0.1, -0.05) is 13.0 Å². The van der Waals surface area contributed by atoms with Gasteiger partial charge in [0.15, 0.2) is 0 Å². The summed E-state index contributed by atoms with van der Waals surface area (Å²) in [6.07, 6.45) is 2.20. The molecule has 2 rings (SSSR count). The van der Waals surface area contributed by atoms with Gasteiger partial charge in [0.05, 0.1) is 11.4 Å². The van der Waals surface area contributed by atoms with Crippen molar-refractivity contribution in [1.29, 1.82) is 0 Å². The zero-order chi connectivity index (χ0) is 16.8. The lowest BCUT2D eigenvalue weighted by molar-refractivity contribution is -0.137. The fourth-order valence-corrected chi connectivity index (χ4v) is 2.17. The average molecular weight is 315 g/mol. The Balaban J connectivity index is 2.31. The van der Waals surface area contributed by atoms with Crippen LogP contribution in [0.3, 0.4) is 0 Å². The minimum atomic E-state index is -1.12. The highest BCUT2D eigenvalue weighted by Crippen LogP contribution is 2.12. The van der Waals surface area contributed by atoms with E-state index in [1.54, 1.807) is 30.5 Å². The normalized spacial score (nSPS) is 10.3. The van der Waals surface area contributed by atoms with Crippen LogP contribution in [0.15, 0.2) is 41.3 Å². The molecule has 0 spiro atoms. The zero-order valence-electron chi connectivity index (χ0n) is 12.7. The number of hydrogen-bond acceptors (Lipinski definition) is 4. The van der Waals surface area contributed by atoms with Crippen LogP contribution in [0.1, 0.15) is 23.7 Å². The summed E-state index contributed by atoms with van der Waals surface area (Å²) in [4.78, 5) is 43.3.